The van der Waals surface area contributed by atoms with Gasteiger partial charge in [0.15, 0.2) is 0 Å². The molecule has 0 radical (unpaired) electrons. The van der Waals surface area contributed by atoms with E-state index in [9.17, 15) is 10.1 Å². The van der Waals surface area contributed by atoms with Crippen LogP contribution in [0.15, 0.2) is 65.3 Å². The van der Waals surface area contributed by atoms with Crippen molar-refractivity contribution < 1.29 is 14.1 Å². The van der Waals surface area contributed by atoms with Crippen LogP contribution in [0.1, 0.15) is 0 Å². The number of nitrogens with one attached hydrogen (secondary N) is 1. The van der Waals surface area contributed by atoms with Gasteiger partial charge in [-0.3, -0.25) is 15.1 Å². The molecule has 134 valence electrons. The van der Waals surface area contributed by atoms with Gasteiger partial charge in [-0.15, -0.1) is 0 Å². The molecule has 27 heavy (non-hydrogen) atoms. The summed E-state index contributed by atoms with van der Waals surface area (Å²) in [5.41, 5.74) is 0.801. The maximum absolute atomic E-state index is 11.1. The quantitative estimate of drug-likeness (QED) is 0.368. The number of non-ortho nitro benzene ring substituents is 1. The maximum Gasteiger partial charge on any atom is 0.315 e. The Morgan fingerprint density at radius 3 is 2.48 bits per heavy atom. The highest BCUT2D eigenvalue weighted by Crippen LogP contribution is 2.33. The number of pyridine rings is 1. The molecular formula is C18H11ClN4O4. The zero-order chi connectivity index (χ0) is 18.8. The molecule has 0 amide bonds. The van der Waals surface area contributed by atoms with Crippen molar-refractivity contribution >= 4 is 40.1 Å². The van der Waals surface area contributed by atoms with Gasteiger partial charge in [-0.1, -0.05) is 11.6 Å². The molecule has 0 bridgehead atoms. The van der Waals surface area contributed by atoms with Gasteiger partial charge in [-0.2, -0.15) is 4.98 Å². The third kappa shape index (κ3) is 3.65. The van der Waals surface area contributed by atoms with E-state index in [2.05, 4.69) is 15.3 Å². The van der Waals surface area contributed by atoms with E-state index < -0.39 is 4.92 Å². The second-order valence-electron chi connectivity index (χ2n) is 5.48. The molecule has 0 aliphatic carbocycles. The number of halogens is 1. The van der Waals surface area contributed by atoms with Crippen molar-refractivity contribution in [2.45, 2.75) is 0 Å². The molecule has 2 heterocycles. The van der Waals surface area contributed by atoms with Crippen molar-refractivity contribution in [3.05, 3.63) is 76.1 Å². The summed E-state index contributed by atoms with van der Waals surface area (Å²) in [6.45, 7) is 0. The molecular weight excluding hydrogens is 372 g/mol. The molecule has 0 aliphatic heterocycles. The fraction of sp³-hybridized carbons (Fsp3) is 0. The van der Waals surface area contributed by atoms with Crippen molar-refractivity contribution in [3.63, 3.8) is 0 Å². The van der Waals surface area contributed by atoms with E-state index >= 15 is 0 Å². The summed E-state index contributed by atoms with van der Waals surface area (Å²) in [6, 6.07) is 13.4. The minimum Gasteiger partial charge on any atom is -0.457 e. The molecule has 2 aromatic heterocycles. The number of hydrogen-bond donors (Lipinski definition) is 1. The molecule has 0 fully saturated rings. The lowest BCUT2D eigenvalue weighted by Gasteiger charge is -2.06. The number of benzene rings is 2. The number of hydrogen-bond acceptors (Lipinski definition) is 7. The number of anilines is 2. The van der Waals surface area contributed by atoms with Crippen LogP contribution >= 0.6 is 11.6 Å². The smallest absolute Gasteiger partial charge is 0.315 e. The van der Waals surface area contributed by atoms with Gasteiger partial charge in [0, 0.05) is 29.2 Å². The Hall–Kier alpha value is -3.65. The Morgan fingerprint density at radius 2 is 1.78 bits per heavy atom. The maximum atomic E-state index is 11.1. The molecule has 4 aromatic rings. The summed E-state index contributed by atoms with van der Waals surface area (Å²) < 4.78 is 11.2. The predicted molar refractivity (Wildman–Crippen MR) is 99.7 cm³/mol. The number of nitrogens with zero attached hydrogens (tertiary/aromatic N) is 3. The topological polar surface area (TPSA) is 103 Å². The first-order valence-electron chi connectivity index (χ1n) is 7.78. The van der Waals surface area contributed by atoms with E-state index in [1.54, 1.807) is 48.8 Å². The van der Waals surface area contributed by atoms with E-state index in [1.807, 2.05) is 0 Å². The molecule has 9 heteroatoms. The van der Waals surface area contributed by atoms with Crippen molar-refractivity contribution in [2.24, 2.45) is 0 Å². The Balaban J connectivity index is 1.55. The van der Waals surface area contributed by atoms with E-state index in [-0.39, 0.29) is 22.3 Å². The molecule has 4 rings (SSSR count). The monoisotopic (exact) mass is 382 g/mol. The average molecular weight is 383 g/mol. The van der Waals surface area contributed by atoms with Crippen molar-refractivity contribution in [1.29, 1.82) is 0 Å². The first-order chi connectivity index (χ1) is 13.1. The lowest BCUT2D eigenvalue weighted by atomic mass is 10.3. The van der Waals surface area contributed by atoms with Crippen molar-refractivity contribution in [2.75, 3.05) is 5.32 Å². The summed E-state index contributed by atoms with van der Waals surface area (Å²) in [4.78, 5) is 18.7. The van der Waals surface area contributed by atoms with Crippen molar-refractivity contribution in [1.82, 2.24) is 9.97 Å². The average Bonchev–Trinajstić information content (AvgIpc) is 3.05. The van der Waals surface area contributed by atoms with E-state index in [0.717, 1.165) is 0 Å². The standard InChI is InChI=1S/C18H11ClN4O4/c19-11-9-15-17(16(10-11)23(24)25)27-18(22-15)21-12-1-3-13(4-2-12)26-14-5-7-20-8-6-14/h1-10H,(H,21,22). The van der Waals surface area contributed by atoms with Gasteiger partial charge in [-0.05, 0) is 42.5 Å². The Kier molecular flexibility index (Phi) is 4.31. The zero-order valence-electron chi connectivity index (χ0n) is 13.6. The fourth-order valence-electron chi connectivity index (χ4n) is 2.44. The third-order valence-corrected chi connectivity index (χ3v) is 3.84. The molecule has 0 saturated carbocycles. The first kappa shape index (κ1) is 16.8. The number of fused-ring (bicyclic) bond motifs is 1. The largest absolute Gasteiger partial charge is 0.457 e. The number of rotatable bonds is 5. The van der Waals surface area contributed by atoms with Gasteiger partial charge < -0.3 is 14.5 Å². The Morgan fingerprint density at radius 1 is 1.07 bits per heavy atom. The summed E-state index contributed by atoms with van der Waals surface area (Å²) in [6.07, 6.45) is 3.29. The SMILES string of the molecule is O=[N+]([O-])c1cc(Cl)cc2nc(Nc3ccc(Oc4ccncc4)cc3)oc12. The van der Waals surface area contributed by atoms with Crippen LogP contribution in [0, 0.1) is 10.1 Å². The highest BCUT2D eigenvalue weighted by molar-refractivity contribution is 6.31. The van der Waals surface area contributed by atoms with E-state index in [4.69, 9.17) is 20.8 Å². The Bertz CT molecular complexity index is 1110. The van der Waals surface area contributed by atoms with Crippen LogP contribution in [0.25, 0.3) is 11.1 Å². The van der Waals surface area contributed by atoms with Gasteiger partial charge in [0.2, 0.25) is 5.58 Å². The van der Waals surface area contributed by atoms with Crippen LogP contribution in [0.2, 0.25) is 5.02 Å². The first-order valence-corrected chi connectivity index (χ1v) is 8.16. The molecule has 0 unspecified atom stereocenters. The molecule has 0 saturated heterocycles. The van der Waals surface area contributed by atoms with Gasteiger partial charge in [0.1, 0.15) is 17.0 Å². The number of ether oxygens (including phenoxy) is 1. The fourth-order valence-corrected chi connectivity index (χ4v) is 2.65. The van der Waals surface area contributed by atoms with Crippen LogP contribution in [0.5, 0.6) is 11.5 Å². The normalized spacial score (nSPS) is 10.7. The molecule has 0 atom stereocenters. The molecule has 2 aromatic carbocycles. The lowest BCUT2D eigenvalue weighted by Crippen LogP contribution is -1.90. The van der Waals surface area contributed by atoms with Gasteiger partial charge in [-0.25, -0.2) is 0 Å². The van der Waals surface area contributed by atoms with Crippen molar-refractivity contribution in [3.8, 4) is 11.5 Å². The van der Waals surface area contributed by atoms with E-state index in [0.29, 0.717) is 22.7 Å². The number of nitro benzene ring substituents is 1. The number of aromatic nitrogens is 2. The van der Waals surface area contributed by atoms with Crippen LogP contribution in [-0.4, -0.2) is 14.9 Å². The molecule has 0 spiro atoms. The summed E-state index contributed by atoms with van der Waals surface area (Å²) in [5, 5.41) is 14.3. The van der Waals surface area contributed by atoms with Crippen LogP contribution in [0.4, 0.5) is 17.4 Å². The van der Waals surface area contributed by atoms with Gasteiger partial charge in [0.05, 0.1) is 4.92 Å². The third-order valence-electron chi connectivity index (χ3n) is 3.62. The highest BCUT2D eigenvalue weighted by Gasteiger charge is 2.19. The lowest BCUT2D eigenvalue weighted by molar-refractivity contribution is -0.383. The second-order valence-corrected chi connectivity index (χ2v) is 5.92. The van der Waals surface area contributed by atoms with Crippen LogP contribution in [0.3, 0.4) is 0 Å². The van der Waals surface area contributed by atoms with E-state index in [1.165, 1.54) is 12.1 Å². The highest BCUT2D eigenvalue weighted by atomic mass is 35.5. The number of nitro groups is 1. The summed E-state index contributed by atoms with van der Waals surface area (Å²) in [7, 11) is 0. The predicted octanol–water partition coefficient (Wildman–Crippen LogP) is 5.32. The van der Waals surface area contributed by atoms with Gasteiger partial charge >= 0.3 is 11.7 Å². The summed E-state index contributed by atoms with van der Waals surface area (Å²) >= 11 is 5.90. The minimum atomic E-state index is -0.561. The van der Waals surface area contributed by atoms with Crippen LogP contribution in [-0.2, 0) is 0 Å². The second kappa shape index (κ2) is 6.93. The zero-order valence-corrected chi connectivity index (χ0v) is 14.4. The minimum absolute atomic E-state index is 0.0598. The van der Waals surface area contributed by atoms with Crippen LogP contribution < -0.4 is 10.1 Å². The van der Waals surface area contributed by atoms with Gasteiger partial charge in [0.25, 0.3) is 0 Å². The molecule has 1 N–H and O–H groups in total. The molecule has 0 aliphatic rings. The summed E-state index contributed by atoms with van der Waals surface area (Å²) in [5.74, 6) is 1.32. The number of oxazole rings is 1. The molecule has 8 nitrogen and oxygen atoms in total. The Labute approximate surface area is 157 Å².